The Labute approximate surface area is 162 Å². The number of rotatable bonds is 4. The number of nitrogens with zero attached hydrogens (tertiary/aromatic N) is 2. The lowest BCUT2D eigenvalue weighted by Crippen LogP contribution is -2.07. The normalized spacial score (nSPS) is 10.9. The van der Waals surface area contributed by atoms with Gasteiger partial charge in [-0.15, -0.1) is 0 Å². The number of halogens is 2. The van der Waals surface area contributed by atoms with Crippen molar-refractivity contribution in [2.24, 2.45) is 0 Å². The second-order valence-electron chi connectivity index (χ2n) is 6.76. The average Bonchev–Trinajstić information content (AvgIpc) is 3.14. The van der Waals surface area contributed by atoms with Gasteiger partial charge in [0.2, 0.25) is 0 Å². The van der Waals surface area contributed by atoms with E-state index in [-0.39, 0.29) is 11.6 Å². The Morgan fingerprint density at radius 3 is 1.71 bits per heavy atom. The van der Waals surface area contributed by atoms with E-state index in [1.54, 1.807) is 24.3 Å². The van der Waals surface area contributed by atoms with E-state index in [0.29, 0.717) is 11.5 Å². The van der Waals surface area contributed by atoms with Crippen LogP contribution in [0, 0.1) is 11.6 Å². The predicted octanol–water partition coefficient (Wildman–Crippen LogP) is 5.75. The first-order chi connectivity index (χ1) is 13.5. The first-order valence-corrected chi connectivity index (χ1v) is 8.91. The molecule has 1 aromatic heterocycles. The van der Waals surface area contributed by atoms with E-state index < -0.39 is 0 Å². The van der Waals surface area contributed by atoms with Crippen LogP contribution in [0.1, 0.15) is 0 Å². The quantitative estimate of drug-likeness (QED) is 0.492. The van der Waals surface area contributed by atoms with Gasteiger partial charge in [0.05, 0.1) is 11.4 Å². The molecule has 0 spiro atoms. The van der Waals surface area contributed by atoms with E-state index in [9.17, 15) is 8.78 Å². The molecule has 0 atom stereocenters. The minimum Gasteiger partial charge on any atom is -0.378 e. The highest BCUT2D eigenvalue weighted by Crippen LogP contribution is 2.33. The Morgan fingerprint density at radius 1 is 0.679 bits per heavy atom. The molecule has 140 valence electrons. The predicted molar refractivity (Wildman–Crippen MR) is 109 cm³/mol. The van der Waals surface area contributed by atoms with Crippen LogP contribution in [-0.4, -0.2) is 24.1 Å². The molecule has 0 radical (unpaired) electrons. The molecule has 3 aromatic carbocycles. The first-order valence-electron chi connectivity index (χ1n) is 8.91. The van der Waals surface area contributed by atoms with Crippen molar-refractivity contribution < 1.29 is 8.78 Å². The third-order valence-corrected chi connectivity index (χ3v) is 4.61. The van der Waals surface area contributed by atoms with Crippen molar-refractivity contribution in [1.82, 2.24) is 9.97 Å². The Kier molecular flexibility index (Phi) is 4.65. The highest BCUT2D eigenvalue weighted by molar-refractivity contribution is 5.81. The van der Waals surface area contributed by atoms with Gasteiger partial charge in [0.25, 0.3) is 0 Å². The van der Waals surface area contributed by atoms with Gasteiger partial charge in [-0.2, -0.15) is 0 Å². The number of aromatic amines is 1. The lowest BCUT2D eigenvalue weighted by atomic mass is 10.1. The van der Waals surface area contributed by atoms with Crippen molar-refractivity contribution in [3.05, 3.63) is 84.4 Å². The fourth-order valence-electron chi connectivity index (χ4n) is 3.07. The van der Waals surface area contributed by atoms with Crippen LogP contribution < -0.4 is 4.90 Å². The summed E-state index contributed by atoms with van der Waals surface area (Å²) in [4.78, 5) is 10.2. The molecule has 0 saturated heterocycles. The second kappa shape index (κ2) is 7.27. The summed E-state index contributed by atoms with van der Waals surface area (Å²) in [6, 6.07) is 20.5. The van der Waals surface area contributed by atoms with Crippen LogP contribution in [0.25, 0.3) is 33.9 Å². The van der Waals surface area contributed by atoms with Gasteiger partial charge in [0.1, 0.15) is 17.5 Å². The van der Waals surface area contributed by atoms with E-state index >= 15 is 0 Å². The monoisotopic (exact) mass is 375 g/mol. The number of aromatic nitrogens is 2. The second-order valence-corrected chi connectivity index (χ2v) is 6.76. The Balaban J connectivity index is 1.83. The van der Waals surface area contributed by atoms with Gasteiger partial charge < -0.3 is 9.88 Å². The van der Waals surface area contributed by atoms with Crippen LogP contribution in [0.2, 0.25) is 0 Å². The van der Waals surface area contributed by atoms with Gasteiger partial charge in [-0.1, -0.05) is 0 Å². The number of nitrogens with one attached hydrogen (secondary N) is 1. The Bertz CT molecular complexity index is 1020. The zero-order valence-electron chi connectivity index (χ0n) is 15.6. The number of H-pyrrole nitrogens is 1. The maximum absolute atomic E-state index is 13.4. The molecule has 0 fully saturated rings. The zero-order chi connectivity index (χ0) is 19.7. The van der Waals surface area contributed by atoms with Crippen LogP contribution in [0.4, 0.5) is 14.5 Å². The SMILES string of the molecule is CN(C)c1ccc(-c2nc(-c3ccc(F)cc3)c(-c3ccc(F)cc3)[nH]2)cc1. The fourth-order valence-corrected chi connectivity index (χ4v) is 3.07. The fraction of sp³-hybridized carbons (Fsp3) is 0.0870. The molecule has 3 nitrogen and oxygen atoms in total. The van der Waals surface area contributed by atoms with E-state index in [2.05, 4.69) is 4.98 Å². The molecule has 4 aromatic rings. The molecular formula is C23H19F2N3. The summed E-state index contributed by atoms with van der Waals surface area (Å²) in [5.74, 6) is 0.0946. The molecule has 5 heteroatoms. The number of anilines is 1. The lowest BCUT2D eigenvalue weighted by molar-refractivity contribution is 0.627. The zero-order valence-corrected chi connectivity index (χ0v) is 15.6. The van der Waals surface area contributed by atoms with Crippen LogP contribution in [0.5, 0.6) is 0 Å². The van der Waals surface area contributed by atoms with Crippen LogP contribution in [0.15, 0.2) is 72.8 Å². The number of hydrogen-bond donors (Lipinski definition) is 1. The van der Waals surface area contributed by atoms with Gasteiger partial charge in [-0.3, -0.25) is 0 Å². The minimum absolute atomic E-state index is 0.300. The van der Waals surface area contributed by atoms with Crippen LogP contribution >= 0.6 is 0 Å². The summed E-state index contributed by atoms with van der Waals surface area (Å²) < 4.78 is 26.7. The summed E-state index contributed by atoms with van der Waals surface area (Å²) in [5, 5.41) is 0. The standard InChI is InChI=1S/C23H19F2N3/c1-28(2)20-13-7-17(8-14-20)23-26-21(15-3-9-18(24)10-4-15)22(27-23)16-5-11-19(25)12-6-16/h3-14H,1-2H3,(H,26,27). The molecule has 1 N–H and O–H groups in total. The minimum atomic E-state index is -0.304. The third kappa shape index (κ3) is 3.51. The van der Waals surface area contributed by atoms with E-state index in [1.165, 1.54) is 24.3 Å². The van der Waals surface area contributed by atoms with Gasteiger partial charge in [-0.25, -0.2) is 13.8 Å². The van der Waals surface area contributed by atoms with Crippen molar-refractivity contribution in [3.8, 4) is 33.9 Å². The van der Waals surface area contributed by atoms with Crippen molar-refractivity contribution in [2.45, 2.75) is 0 Å². The third-order valence-electron chi connectivity index (χ3n) is 4.61. The average molecular weight is 375 g/mol. The summed E-state index contributed by atoms with van der Waals surface area (Å²) in [7, 11) is 3.97. The summed E-state index contributed by atoms with van der Waals surface area (Å²) in [6.07, 6.45) is 0. The lowest BCUT2D eigenvalue weighted by Gasteiger charge is -2.12. The smallest absolute Gasteiger partial charge is 0.138 e. The van der Waals surface area contributed by atoms with Crippen molar-refractivity contribution >= 4 is 5.69 Å². The first kappa shape index (κ1) is 17.9. The van der Waals surface area contributed by atoms with E-state index in [0.717, 1.165) is 28.1 Å². The van der Waals surface area contributed by atoms with Gasteiger partial charge in [0.15, 0.2) is 0 Å². The number of hydrogen-bond acceptors (Lipinski definition) is 2. The Hall–Kier alpha value is -3.47. The molecular weight excluding hydrogens is 356 g/mol. The van der Waals surface area contributed by atoms with Gasteiger partial charge in [0, 0.05) is 36.5 Å². The molecule has 0 aliphatic heterocycles. The molecule has 1 heterocycles. The largest absolute Gasteiger partial charge is 0.378 e. The molecule has 0 bridgehead atoms. The molecule has 0 aliphatic carbocycles. The molecule has 0 unspecified atom stereocenters. The van der Waals surface area contributed by atoms with Gasteiger partial charge >= 0.3 is 0 Å². The van der Waals surface area contributed by atoms with E-state index in [4.69, 9.17) is 4.98 Å². The molecule has 0 amide bonds. The van der Waals surface area contributed by atoms with Crippen molar-refractivity contribution in [1.29, 1.82) is 0 Å². The van der Waals surface area contributed by atoms with Gasteiger partial charge in [-0.05, 0) is 72.8 Å². The highest BCUT2D eigenvalue weighted by Gasteiger charge is 2.15. The van der Waals surface area contributed by atoms with Crippen LogP contribution in [-0.2, 0) is 0 Å². The number of benzene rings is 3. The topological polar surface area (TPSA) is 31.9 Å². The van der Waals surface area contributed by atoms with Crippen molar-refractivity contribution in [3.63, 3.8) is 0 Å². The summed E-state index contributed by atoms with van der Waals surface area (Å²) >= 11 is 0. The maximum atomic E-state index is 13.4. The Morgan fingerprint density at radius 2 is 1.18 bits per heavy atom. The summed E-state index contributed by atoms with van der Waals surface area (Å²) in [5.41, 5.74) is 5.07. The molecule has 0 aliphatic rings. The molecule has 4 rings (SSSR count). The van der Waals surface area contributed by atoms with E-state index in [1.807, 2.05) is 43.3 Å². The highest BCUT2D eigenvalue weighted by atomic mass is 19.1. The maximum Gasteiger partial charge on any atom is 0.138 e. The summed E-state index contributed by atoms with van der Waals surface area (Å²) in [6.45, 7) is 0. The van der Waals surface area contributed by atoms with Crippen molar-refractivity contribution in [2.75, 3.05) is 19.0 Å². The molecule has 0 saturated carbocycles. The number of imidazole rings is 1. The van der Waals surface area contributed by atoms with Crippen LogP contribution in [0.3, 0.4) is 0 Å². The molecule has 28 heavy (non-hydrogen) atoms.